The lowest BCUT2D eigenvalue weighted by Gasteiger charge is -2.08. The fourth-order valence-electron chi connectivity index (χ4n) is 1.17. The molecule has 0 heterocycles. The summed E-state index contributed by atoms with van der Waals surface area (Å²) in [5.41, 5.74) is 2.12. The van der Waals surface area contributed by atoms with Crippen LogP contribution in [0.25, 0.3) is 0 Å². The monoisotopic (exact) mass is 206 g/mol. The zero-order valence-electron chi connectivity index (χ0n) is 9.53. The Bertz CT molecular complexity index is 336. The molecule has 1 aromatic rings. The van der Waals surface area contributed by atoms with Crippen molar-refractivity contribution in [1.29, 1.82) is 0 Å². The molecule has 0 saturated heterocycles. The van der Waals surface area contributed by atoms with E-state index < -0.39 is 6.10 Å². The summed E-state index contributed by atoms with van der Waals surface area (Å²) in [6.07, 6.45) is 1.58. The molecule has 1 N–H and O–H groups in total. The van der Waals surface area contributed by atoms with Crippen LogP contribution in [0.5, 0.6) is 5.75 Å². The summed E-state index contributed by atoms with van der Waals surface area (Å²) in [5.74, 6) is 0.797. The minimum absolute atomic E-state index is 0.447. The molecule has 0 aliphatic carbocycles. The van der Waals surface area contributed by atoms with E-state index >= 15 is 0 Å². The normalized spacial score (nSPS) is 12.0. The first kappa shape index (κ1) is 11.8. The molecule has 1 atom stereocenters. The molecule has 1 aromatic carbocycles. The van der Waals surface area contributed by atoms with E-state index in [1.165, 1.54) is 5.57 Å². The van der Waals surface area contributed by atoms with Gasteiger partial charge in [0.2, 0.25) is 0 Å². The van der Waals surface area contributed by atoms with Gasteiger partial charge in [-0.25, -0.2) is 0 Å². The van der Waals surface area contributed by atoms with Crippen molar-refractivity contribution < 1.29 is 9.84 Å². The van der Waals surface area contributed by atoms with Gasteiger partial charge in [-0.05, 0) is 44.5 Å². The molecular formula is C13H18O2. The van der Waals surface area contributed by atoms with E-state index in [0.717, 1.165) is 11.3 Å². The summed E-state index contributed by atoms with van der Waals surface area (Å²) < 4.78 is 5.52. The van der Waals surface area contributed by atoms with E-state index in [1.807, 2.05) is 44.2 Å². The highest BCUT2D eigenvalue weighted by Gasteiger charge is 2.01. The van der Waals surface area contributed by atoms with Crippen LogP contribution in [-0.4, -0.2) is 11.7 Å². The number of hydrogen-bond donors (Lipinski definition) is 1. The van der Waals surface area contributed by atoms with Crippen LogP contribution in [0.2, 0.25) is 0 Å². The molecule has 0 aliphatic heterocycles. The van der Waals surface area contributed by atoms with Crippen LogP contribution in [0.4, 0.5) is 0 Å². The molecule has 2 nitrogen and oxygen atoms in total. The minimum atomic E-state index is -0.447. The van der Waals surface area contributed by atoms with Crippen LogP contribution in [0, 0.1) is 0 Å². The number of rotatable bonds is 4. The van der Waals surface area contributed by atoms with E-state index in [0.29, 0.717) is 6.61 Å². The van der Waals surface area contributed by atoms with Crippen molar-refractivity contribution in [2.45, 2.75) is 26.9 Å². The highest BCUT2D eigenvalue weighted by Crippen LogP contribution is 2.18. The second kappa shape index (κ2) is 5.56. The van der Waals surface area contributed by atoms with E-state index in [4.69, 9.17) is 4.74 Å². The third-order valence-electron chi connectivity index (χ3n) is 2.08. The van der Waals surface area contributed by atoms with Crippen LogP contribution < -0.4 is 4.74 Å². The number of aliphatic hydroxyl groups excluding tert-OH is 1. The Morgan fingerprint density at radius 3 is 2.80 bits per heavy atom. The Hall–Kier alpha value is -1.28. The smallest absolute Gasteiger partial charge is 0.120 e. The Morgan fingerprint density at radius 1 is 1.47 bits per heavy atom. The van der Waals surface area contributed by atoms with Gasteiger partial charge in [0.1, 0.15) is 12.4 Å². The van der Waals surface area contributed by atoms with Gasteiger partial charge in [-0.2, -0.15) is 0 Å². The first-order valence-corrected chi connectivity index (χ1v) is 5.14. The molecule has 0 spiro atoms. The molecule has 0 radical (unpaired) electrons. The lowest BCUT2D eigenvalue weighted by atomic mass is 10.1. The Morgan fingerprint density at radius 2 is 2.20 bits per heavy atom. The van der Waals surface area contributed by atoms with Crippen LogP contribution in [-0.2, 0) is 0 Å². The van der Waals surface area contributed by atoms with Crippen LogP contribution >= 0.6 is 0 Å². The number of benzene rings is 1. The van der Waals surface area contributed by atoms with Gasteiger partial charge < -0.3 is 9.84 Å². The van der Waals surface area contributed by atoms with E-state index in [-0.39, 0.29) is 0 Å². The van der Waals surface area contributed by atoms with Crippen molar-refractivity contribution in [3.8, 4) is 5.75 Å². The Labute approximate surface area is 91.2 Å². The minimum Gasteiger partial charge on any atom is -0.490 e. The lowest BCUT2D eigenvalue weighted by molar-refractivity contribution is 0.198. The van der Waals surface area contributed by atoms with Crippen LogP contribution in [0.3, 0.4) is 0 Å². The first-order valence-electron chi connectivity index (χ1n) is 5.14. The third kappa shape index (κ3) is 4.17. The number of ether oxygens (including phenoxy) is 1. The molecule has 0 aliphatic rings. The van der Waals surface area contributed by atoms with Gasteiger partial charge in [0, 0.05) is 0 Å². The Balaban J connectivity index is 2.62. The molecule has 2 heteroatoms. The summed E-state index contributed by atoms with van der Waals surface area (Å²) >= 11 is 0. The summed E-state index contributed by atoms with van der Waals surface area (Å²) in [5, 5.41) is 9.39. The number of aliphatic hydroxyl groups is 1. The van der Waals surface area contributed by atoms with Crippen molar-refractivity contribution in [2.24, 2.45) is 0 Å². The average molecular weight is 206 g/mol. The summed E-state index contributed by atoms with van der Waals surface area (Å²) in [6.45, 7) is 6.39. The van der Waals surface area contributed by atoms with Crippen LogP contribution in [0.1, 0.15) is 32.4 Å². The van der Waals surface area contributed by atoms with Gasteiger partial charge in [-0.15, -0.1) is 0 Å². The highest BCUT2D eigenvalue weighted by molar-refractivity contribution is 5.29. The molecule has 1 rings (SSSR count). The largest absolute Gasteiger partial charge is 0.490 e. The molecule has 82 valence electrons. The topological polar surface area (TPSA) is 29.5 Å². The molecular weight excluding hydrogens is 188 g/mol. The van der Waals surface area contributed by atoms with Crippen LogP contribution in [0.15, 0.2) is 35.9 Å². The second-order valence-corrected chi connectivity index (χ2v) is 3.84. The summed E-state index contributed by atoms with van der Waals surface area (Å²) in [4.78, 5) is 0. The zero-order chi connectivity index (χ0) is 11.3. The number of hydrogen-bond acceptors (Lipinski definition) is 2. The fourth-order valence-corrected chi connectivity index (χ4v) is 1.17. The molecule has 15 heavy (non-hydrogen) atoms. The molecule has 0 unspecified atom stereocenters. The van der Waals surface area contributed by atoms with E-state index in [1.54, 1.807) is 6.92 Å². The van der Waals surface area contributed by atoms with Gasteiger partial charge in [-0.1, -0.05) is 17.7 Å². The maximum absolute atomic E-state index is 9.39. The van der Waals surface area contributed by atoms with Gasteiger partial charge in [0.05, 0.1) is 6.10 Å². The molecule has 0 bridgehead atoms. The third-order valence-corrected chi connectivity index (χ3v) is 2.08. The van der Waals surface area contributed by atoms with Gasteiger partial charge in [-0.3, -0.25) is 0 Å². The van der Waals surface area contributed by atoms with E-state index in [9.17, 15) is 5.11 Å². The lowest BCUT2D eigenvalue weighted by Crippen LogP contribution is -1.96. The first-order chi connectivity index (χ1) is 7.09. The number of allylic oxidation sites excluding steroid dienone is 1. The average Bonchev–Trinajstić information content (AvgIpc) is 2.17. The maximum Gasteiger partial charge on any atom is 0.120 e. The second-order valence-electron chi connectivity index (χ2n) is 3.84. The van der Waals surface area contributed by atoms with Crippen molar-refractivity contribution in [3.63, 3.8) is 0 Å². The molecule has 0 aromatic heterocycles. The summed E-state index contributed by atoms with van der Waals surface area (Å²) in [7, 11) is 0. The van der Waals surface area contributed by atoms with Crippen molar-refractivity contribution in [3.05, 3.63) is 41.5 Å². The van der Waals surface area contributed by atoms with Crippen molar-refractivity contribution in [1.82, 2.24) is 0 Å². The van der Waals surface area contributed by atoms with E-state index in [2.05, 4.69) is 0 Å². The predicted molar refractivity (Wildman–Crippen MR) is 62.0 cm³/mol. The fraction of sp³-hybridized carbons (Fsp3) is 0.385. The molecule has 0 fully saturated rings. The van der Waals surface area contributed by atoms with Gasteiger partial charge >= 0.3 is 0 Å². The quantitative estimate of drug-likeness (QED) is 0.767. The standard InChI is InChI=1S/C13H18O2/c1-10(2)7-8-15-13-6-4-5-12(9-13)11(3)14/h4-7,9,11,14H,8H2,1-3H3/t11-/m0/s1. The maximum atomic E-state index is 9.39. The SMILES string of the molecule is CC(C)=CCOc1cccc([C@H](C)O)c1. The summed E-state index contributed by atoms with van der Waals surface area (Å²) in [6, 6.07) is 7.53. The zero-order valence-corrected chi connectivity index (χ0v) is 9.53. The molecule has 0 saturated carbocycles. The predicted octanol–water partition coefficient (Wildman–Crippen LogP) is 3.08. The van der Waals surface area contributed by atoms with Gasteiger partial charge in [0.15, 0.2) is 0 Å². The highest BCUT2D eigenvalue weighted by atomic mass is 16.5. The molecule has 0 amide bonds. The Kier molecular flexibility index (Phi) is 4.37. The van der Waals surface area contributed by atoms with Crippen molar-refractivity contribution in [2.75, 3.05) is 6.61 Å². The van der Waals surface area contributed by atoms with Gasteiger partial charge in [0.25, 0.3) is 0 Å². The van der Waals surface area contributed by atoms with Crippen molar-refractivity contribution >= 4 is 0 Å².